The molecular weight excluding hydrogens is 360 g/mol. The highest BCUT2D eigenvalue weighted by molar-refractivity contribution is 7.90. The summed E-state index contributed by atoms with van der Waals surface area (Å²) in [5, 5.41) is 0. The molecule has 3 aromatic rings. The third-order valence-electron chi connectivity index (χ3n) is 3.69. The van der Waals surface area contributed by atoms with Crippen LogP contribution in [0.4, 0.5) is 17.6 Å². The van der Waals surface area contributed by atoms with Crippen LogP contribution < -0.4 is 0 Å². The highest BCUT2D eigenvalue weighted by atomic mass is 32.2. The van der Waals surface area contributed by atoms with Gasteiger partial charge in [-0.15, -0.1) is 0 Å². The minimum Gasteiger partial charge on any atom is -0.227 e. The molecule has 0 aliphatic rings. The number of aromatic nitrogens is 2. The van der Waals surface area contributed by atoms with Gasteiger partial charge in [0.2, 0.25) is 10.0 Å². The lowest BCUT2D eigenvalue weighted by Crippen LogP contribution is -2.16. The van der Waals surface area contributed by atoms with Crippen LogP contribution in [0.1, 0.15) is 12.5 Å². The fourth-order valence-corrected chi connectivity index (χ4v) is 3.60. The first-order chi connectivity index (χ1) is 11.6. The van der Waals surface area contributed by atoms with E-state index in [2.05, 4.69) is 4.98 Å². The number of rotatable bonds is 3. The molecule has 3 rings (SSSR count). The summed E-state index contributed by atoms with van der Waals surface area (Å²) in [4.78, 5) is 4.14. The van der Waals surface area contributed by atoms with Crippen LogP contribution in [0, 0.1) is 5.82 Å². The average Bonchev–Trinajstić information content (AvgIpc) is 2.94. The Balaban J connectivity index is 2.36. The molecule has 0 atom stereocenters. The van der Waals surface area contributed by atoms with Gasteiger partial charge in [-0.25, -0.2) is 21.8 Å². The Bertz CT molecular complexity index is 1060. The maximum absolute atomic E-state index is 13.5. The van der Waals surface area contributed by atoms with Crippen LogP contribution >= 0.6 is 0 Å². The highest BCUT2D eigenvalue weighted by Crippen LogP contribution is 2.35. The second-order valence-electron chi connectivity index (χ2n) is 5.28. The molecule has 0 amide bonds. The van der Waals surface area contributed by atoms with Gasteiger partial charge in [0.15, 0.2) is 5.82 Å². The number of hydrogen-bond donors (Lipinski definition) is 0. The highest BCUT2D eigenvalue weighted by Gasteiger charge is 2.35. The zero-order valence-corrected chi connectivity index (χ0v) is 13.7. The fraction of sp³-hybridized carbons (Fsp3) is 0.188. The standard InChI is InChI=1S/C16H12F4N2O2S/c1-2-25(23,24)22-14-6-4-3-5-13(14)21-15(22)10-7-8-12(17)11(9-10)16(18,19)20/h3-9H,2H2,1H3. The molecule has 25 heavy (non-hydrogen) atoms. The van der Waals surface area contributed by atoms with Crippen LogP contribution in [0.2, 0.25) is 0 Å². The predicted molar refractivity (Wildman–Crippen MR) is 85.0 cm³/mol. The lowest BCUT2D eigenvalue weighted by molar-refractivity contribution is -0.139. The second kappa shape index (κ2) is 5.83. The van der Waals surface area contributed by atoms with E-state index in [1.165, 1.54) is 13.0 Å². The molecule has 0 unspecified atom stereocenters. The van der Waals surface area contributed by atoms with E-state index in [0.29, 0.717) is 17.6 Å². The third-order valence-corrected chi connectivity index (χ3v) is 5.35. The number of fused-ring (bicyclic) bond motifs is 1. The summed E-state index contributed by atoms with van der Waals surface area (Å²) in [6, 6.07) is 8.59. The molecule has 0 aliphatic carbocycles. The number of imidazole rings is 1. The lowest BCUT2D eigenvalue weighted by Gasteiger charge is -2.12. The molecule has 0 saturated heterocycles. The zero-order valence-electron chi connectivity index (χ0n) is 12.9. The Morgan fingerprint density at radius 2 is 1.80 bits per heavy atom. The molecular formula is C16H12F4N2O2S. The number of para-hydroxylation sites is 2. The van der Waals surface area contributed by atoms with Crippen molar-refractivity contribution in [2.24, 2.45) is 0 Å². The first kappa shape index (κ1) is 17.4. The van der Waals surface area contributed by atoms with Gasteiger partial charge in [-0.05, 0) is 37.3 Å². The lowest BCUT2D eigenvalue weighted by atomic mass is 10.1. The van der Waals surface area contributed by atoms with Crippen LogP contribution in [0.15, 0.2) is 42.5 Å². The van der Waals surface area contributed by atoms with Gasteiger partial charge in [0.05, 0.1) is 22.3 Å². The van der Waals surface area contributed by atoms with E-state index in [1.54, 1.807) is 18.2 Å². The van der Waals surface area contributed by atoms with E-state index in [1.807, 2.05) is 0 Å². The first-order valence-electron chi connectivity index (χ1n) is 7.23. The molecule has 1 heterocycles. The summed E-state index contributed by atoms with van der Waals surface area (Å²) in [5.41, 5.74) is -1.05. The molecule has 4 nitrogen and oxygen atoms in total. The summed E-state index contributed by atoms with van der Waals surface area (Å²) in [7, 11) is -3.84. The van der Waals surface area contributed by atoms with E-state index in [-0.39, 0.29) is 22.7 Å². The smallest absolute Gasteiger partial charge is 0.227 e. The van der Waals surface area contributed by atoms with E-state index >= 15 is 0 Å². The first-order valence-corrected chi connectivity index (χ1v) is 8.84. The second-order valence-corrected chi connectivity index (χ2v) is 7.39. The van der Waals surface area contributed by atoms with E-state index in [0.717, 1.165) is 10.0 Å². The Hall–Kier alpha value is -2.42. The van der Waals surface area contributed by atoms with Gasteiger partial charge in [-0.1, -0.05) is 12.1 Å². The van der Waals surface area contributed by atoms with Gasteiger partial charge < -0.3 is 0 Å². The van der Waals surface area contributed by atoms with Crippen molar-refractivity contribution in [2.45, 2.75) is 13.1 Å². The Labute approximate surface area is 140 Å². The monoisotopic (exact) mass is 372 g/mol. The van der Waals surface area contributed by atoms with Crippen LogP contribution in [0.25, 0.3) is 22.4 Å². The maximum Gasteiger partial charge on any atom is 0.419 e. The van der Waals surface area contributed by atoms with Gasteiger partial charge >= 0.3 is 6.18 Å². The topological polar surface area (TPSA) is 52.0 Å². The zero-order chi connectivity index (χ0) is 18.4. The quantitative estimate of drug-likeness (QED) is 0.652. The van der Waals surface area contributed by atoms with Crippen LogP contribution in [-0.2, 0) is 16.2 Å². The molecule has 0 saturated carbocycles. The largest absolute Gasteiger partial charge is 0.419 e. The van der Waals surface area contributed by atoms with E-state index < -0.39 is 27.6 Å². The molecule has 0 aliphatic heterocycles. The molecule has 132 valence electrons. The molecule has 9 heteroatoms. The molecule has 0 spiro atoms. The van der Waals surface area contributed by atoms with Gasteiger partial charge in [0.25, 0.3) is 0 Å². The number of benzene rings is 2. The molecule has 0 radical (unpaired) electrons. The SMILES string of the molecule is CCS(=O)(=O)n1c(-c2ccc(F)c(C(F)(F)F)c2)nc2ccccc21. The maximum atomic E-state index is 13.5. The van der Waals surface area contributed by atoms with Crippen molar-refractivity contribution in [3.63, 3.8) is 0 Å². The van der Waals surface area contributed by atoms with Crippen molar-refractivity contribution in [1.29, 1.82) is 0 Å². The summed E-state index contributed by atoms with van der Waals surface area (Å²) in [6.07, 6.45) is -4.90. The Kier molecular flexibility index (Phi) is 4.06. The van der Waals surface area contributed by atoms with Crippen LogP contribution in [0.5, 0.6) is 0 Å². The minimum atomic E-state index is -4.90. The predicted octanol–water partition coefficient (Wildman–Crippen LogP) is 4.06. The fourth-order valence-electron chi connectivity index (χ4n) is 2.48. The van der Waals surface area contributed by atoms with Gasteiger partial charge in [-0.3, -0.25) is 0 Å². The van der Waals surface area contributed by atoms with Crippen molar-refractivity contribution in [3.8, 4) is 11.4 Å². The molecule has 0 N–H and O–H groups in total. The molecule has 0 bridgehead atoms. The van der Waals surface area contributed by atoms with Crippen molar-refractivity contribution in [2.75, 3.05) is 5.75 Å². The van der Waals surface area contributed by atoms with Crippen molar-refractivity contribution < 1.29 is 26.0 Å². The van der Waals surface area contributed by atoms with E-state index in [4.69, 9.17) is 0 Å². The van der Waals surface area contributed by atoms with Crippen LogP contribution in [0.3, 0.4) is 0 Å². The number of nitrogens with zero attached hydrogens (tertiary/aromatic N) is 2. The number of halogens is 4. The summed E-state index contributed by atoms with van der Waals surface area (Å²) >= 11 is 0. The number of hydrogen-bond acceptors (Lipinski definition) is 3. The van der Waals surface area contributed by atoms with Crippen molar-refractivity contribution in [1.82, 2.24) is 8.96 Å². The molecule has 0 fully saturated rings. The summed E-state index contributed by atoms with van der Waals surface area (Å²) < 4.78 is 78.2. The molecule has 1 aromatic heterocycles. The Morgan fingerprint density at radius 3 is 2.44 bits per heavy atom. The van der Waals surface area contributed by atoms with E-state index in [9.17, 15) is 26.0 Å². The normalized spacial score (nSPS) is 12.7. The minimum absolute atomic E-state index is 0.137. The average molecular weight is 372 g/mol. The van der Waals surface area contributed by atoms with Crippen molar-refractivity contribution >= 4 is 21.1 Å². The van der Waals surface area contributed by atoms with Crippen LogP contribution in [-0.4, -0.2) is 23.1 Å². The van der Waals surface area contributed by atoms with Gasteiger partial charge in [0, 0.05) is 5.56 Å². The molecule has 2 aromatic carbocycles. The third kappa shape index (κ3) is 2.99. The summed E-state index contributed by atoms with van der Waals surface area (Å²) in [5.74, 6) is -1.89. The van der Waals surface area contributed by atoms with Gasteiger partial charge in [-0.2, -0.15) is 13.2 Å². The summed E-state index contributed by atoms with van der Waals surface area (Å²) in [6.45, 7) is 1.42. The number of alkyl halides is 3. The van der Waals surface area contributed by atoms with Gasteiger partial charge in [0.1, 0.15) is 5.82 Å². The van der Waals surface area contributed by atoms with Crippen molar-refractivity contribution in [3.05, 3.63) is 53.8 Å². The Morgan fingerprint density at radius 1 is 1.12 bits per heavy atom.